The molecule has 0 saturated carbocycles. The number of nitrogens with zero attached hydrogens (tertiary/aromatic N) is 4. The van der Waals surface area contributed by atoms with Crippen LogP contribution in [0.2, 0.25) is 0 Å². The van der Waals surface area contributed by atoms with Crippen LogP contribution in [-0.4, -0.2) is 106 Å². The smallest absolute Gasteiger partial charge is 0.387 e. The Bertz CT molecular complexity index is 1240. The topological polar surface area (TPSA) is 283 Å². The van der Waals surface area contributed by atoms with Gasteiger partial charge in [-0.3, -0.25) is 13.6 Å². The molecule has 0 aliphatic carbocycles. The lowest BCUT2D eigenvalue weighted by atomic mass is 10.1. The Labute approximate surface area is 200 Å². The maximum Gasteiger partial charge on any atom is 0.483 e. The minimum Gasteiger partial charge on any atom is -0.387 e. The third kappa shape index (κ3) is 4.63. The minimum atomic E-state index is -5.44. The second kappa shape index (κ2) is 9.17. The SMILES string of the molecule is Nc1nc2c3ncnc2n1C1OC(COP(=O)(OP(=O)(O)O)OCC2OC(N3)C(O)C2O)C(O)C1O. The van der Waals surface area contributed by atoms with Crippen LogP contribution in [0.5, 0.6) is 0 Å². The van der Waals surface area contributed by atoms with E-state index in [-0.39, 0.29) is 22.9 Å². The van der Waals surface area contributed by atoms with E-state index >= 15 is 0 Å². The molecule has 0 aromatic carbocycles. The minimum absolute atomic E-state index is 0.0128. The summed E-state index contributed by atoms with van der Waals surface area (Å²) in [4.78, 5) is 30.6. The largest absolute Gasteiger partial charge is 0.483 e. The van der Waals surface area contributed by atoms with Gasteiger partial charge in [0.15, 0.2) is 29.4 Å². The number of anilines is 2. The van der Waals surface area contributed by atoms with E-state index in [1.54, 1.807) is 0 Å². The molecular formula is C15H22N6O13P2. The number of phosphoric acid groups is 2. The van der Waals surface area contributed by atoms with Crippen molar-refractivity contribution in [1.82, 2.24) is 19.5 Å². The summed E-state index contributed by atoms with van der Waals surface area (Å²) in [7, 11) is -10.5. The lowest BCUT2D eigenvalue weighted by Crippen LogP contribution is -2.37. The van der Waals surface area contributed by atoms with Gasteiger partial charge in [0.1, 0.15) is 43.0 Å². The van der Waals surface area contributed by atoms with Gasteiger partial charge in [0.25, 0.3) is 0 Å². The molecule has 8 bridgehead atoms. The quantitative estimate of drug-likeness (QED) is 0.173. The zero-order valence-corrected chi connectivity index (χ0v) is 19.7. The molecule has 200 valence electrons. The van der Waals surface area contributed by atoms with Gasteiger partial charge in [0.2, 0.25) is 5.95 Å². The van der Waals surface area contributed by atoms with Gasteiger partial charge in [-0.2, -0.15) is 4.31 Å². The van der Waals surface area contributed by atoms with Crippen molar-refractivity contribution in [3.63, 3.8) is 0 Å². The predicted octanol–water partition coefficient (Wildman–Crippen LogP) is -2.85. The number of nitrogen functional groups attached to an aromatic ring is 1. The van der Waals surface area contributed by atoms with Crippen LogP contribution in [0.25, 0.3) is 11.2 Å². The van der Waals surface area contributed by atoms with Gasteiger partial charge in [-0.1, -0.05) is 0 Å². The van der Waals surface area contributed by atoms with Crippen LogP contribution in [0.4, 0.5) is 11.8 Å². The van der Waals surface area contributed by atoms with Crippen LogP contribution < -0.4 is 11.1 Å². The highest BCUT2D eigenvalue weighted by Gasteiger charge is 2.49. The Morgan fingerprint density at radius 2 is 1.69 bits per heavy atom. The molecule has 3 aliphatic heterocycles. The van der Waals surface area contributed by atoms with Gasteiger partial charge in [-0.05, 0) is 0 Å². The molecule has 5 rings (SSSR count). The third-order valence-electron chi connectivity index (χ3n) is 5.74. The Balaban J connectivity index is 1.57. The summed E-state index contributed by atoms with van der Waals surface area (Å²) >= 11 is 0. The Morgan fingerprint density at radius 3 is 2.36 bits per heavy atom. The first-order chi connectivity index (χ1) is 16.9. The number of hydrogen-bond donors (Lipinski definition) is 8. The highest BCUT2D eigenvalue weighted by molar-refractivity contribution is 7.61. The van der Waals surface area contributed by atoms with E-state index in [9.17, 15) is 29.6 Å². The number of phosphoric ester groups is 1. The number of rotatable bonds is 2. The standard InChI is InChI=1S/C15H22N6O13P2/c16-15-19-6-11-17-3-18-12(6)21(15)14-10(25)8(23)5(33-14)2-31-36(29,34-35(26,27)28)30-1-4-7(22)9(24)13(20-11)32-4/h3-5,7-10,13-14,22-25H,1-2H2,(H2,16,19)(H,17,18,20)(H2,26,27,28). The van der Waals surface area contributed by atoms with E-state index in [0.29, 0.717) is 0 Å². The zero-order valence-electron chi connectivity index (χ0n) is 17.9. The number of ether oxygens (including phenoxy) is 2. The second-order valence-corrected chi connectivity index (χ2v) is 11.2. The Morgan fingerprint density at radius 1 is 1.06 bits per heavy atom. The molecule has 3 aliphatic rings. The van der Waals surface area contributed by atoms with E-state index in [1.165, 1.54) is 0 Å². The molecule has 0 spiro atoms. The highest BCUT2D eigenvalue weighted by atomic mass is 31.3. The molecule has 5 heterocycles. The normalized spacial score (nSPS) is 39.5. The Kier molecular flexibility index (Phi) is 6.58. The van der Waals surface area contributed by atoms with Gasteiger partial charge in [-0.15, -0.1) is 0 Å². The number of nitrogens with two attached hydrogens (primary N) is 1. The molecule has 0 radical (unpaired) electrons. The van der Waals surface area contributed by atoms with Crippen molar-refractivity contribution in [1.29, 1.82) is 0 Å². The van der Waals surface area contributed by atoms with E-state index in [0.717, 1.165) is 10.9 Å². The van der Waals surface area contributed by atoms with E-state index in [1.807, 2.05) is 0 Å². The number of aliphatic hydroxyl groups excluding tert-OH is 4. The van der Waals surface area contributed by atoms with Crippen LogP contribution in [0.15, 0.2) is 6.33 Å². The van der Waals surface area contributed by atoms with Crippen LogP contribution in [-0.2, 0) is 32.0 Å². The van der Waals surface area contributed by atoms with E-state index in [2.05, 4.69) is 24.6 Å². The maximum atomic E-state index is 13.0. The summed E-state index contributed by atoms with van der Waals surface area (Å²) in [6.07, 6.45) is -10.8. The van der Waals surface area contributed by atoms with Crippen molar-refractivity contribution in [3.8, 4) is 0 Å². The van der Waals surface area contributed by atoms with Gasteiger partial charge in [-0.25, -0.2) is 24.1 Å². The van der Waals surface area contributed by atoms with Gasteiger partial charge in [0, 0.05) is 0 Å². The summed E-state index contributed by atoms with van der Waals surface area (Å²) in [5.41, 5.74) is 6.15. The molecule has 2 aromatic rings. The second-order valence-electron chi connectivity index (χ2n) is 8.11. The van der Waals surface area contributed by atoms with Gasteiger partial charge in [0.05, 0.1) is 13.2 Å². The monoisotopic (exact) mass is 556 g/mol. The number of imidazole rings is 1. The van der Waals surface area contributed by atoms with Crippen LogP contribution in [0, 0.1) is 0 Å². The first-order valence-electron chi connectivity index (χ1n) is 10.3. The Hall–Kier alpha value is -1.83. The number of fused-ring (bicyclic) bond motifs is 5. The van der Waals surface area contributed by atoms with Crippen LogP contribution >= 0.6 is 15.6 Å². The molecule has 9 atom stereocenters. The fourth-order valence-electron chi connectivity index (χ4n) is 4.05. The van der Waals surface area contributed by atoms with Crippen molar-refractivity contribution in [2.45, 2.75) is 49.1 Å². The zero-order chi connectivity index (χ0) is 26.0. The molecular weight excluding hydrogens is 534 g/mol. The van der Waals surface area contributed by atoms with Crippen molar-refractivity contribution < 1.29 is 62.2 Å². The summed E-state index contributed by atoms with van der Waals surface area (Å²) in [5.74, 6) is -0.195. The molecule has 0 amide bonds. The van der Waals surface area contributed by atoms with E-state index < -0.39 is 77.9 Å². The fourth-order valence-corrected chi connectivity index (χ4v) is 6.20. The fraction of sp³-hybridized carbons (Fsp3) is 0.667. The first kappa shape index (κ1) is 25.8. The molecule has 19 nitrogen and oxygen atoms in total. The average Bonchev–Trinajstić information content (AvgIpc) is 3.37. The average molecular weight is 556 g/mol. The molecule has 9 N–H and O–H groups in total. The molecule has 2 fully saturated rings. The van der Waals surface area contributed by atoms with Crippen molar-refractivity contribution in [2.75, 3.05) is 24.3 Å². The van der Waals surface area contributed by atoms with Crippen molar-refractivity contribution in [2.24, 2.45) is 0 Å². The van der Waals surface area contributed by atoms with Crippen LogP contribution in [0.1, 0.15) is 6.23 Å². The lowest BCUT2D eigenvalue weighted by Gasteiger charge is -2.23. The molecule has 9 unspecified atom stereocenters. The summed E-state index contributed by atoms with van der Waals surface area (Å²) in [5, 5.41) is 44.6. The lowest BCUT2D eigenvalue weighted by molar-refractivity contribution is -0.0537. The predicted molar refractivity (Wildman–Crippen MR) is 113 cm³/mol. The van der Waals surface area contributed by atoms with Crippen molar-refractivity contribution in [3.05, 3.63) is 6.33 Å². The number of hydrogen-bond acceptors (Lipinski definition) is 16. The molecule has 21 heteroatoms. The van der Waals surface area contributed by atoms with Crippen LogP contribution in [0.3, 0.4) is 0 Å². The number of aromatic nitrogens is 4. The maximum absolute atomic E-state index is 13.0. The summed E-state index contributed by atoms with van der Waals surface area (Å²) < 4.78 is 50.8. The third-order valence-corrected chi connectivity index (χ3v) is 8.32. The van der Waals surface area contributed by atoms with Gasteiger partial charge < -0.3 is 50.7 Å². The van der Waals surface area contributed by atoms with E-state index in [4.69, 9.17) is 34.0 Å². The van der Waals surface area contributed by atoms with Crippen molar-refractivity contribution >= 4 is 38.6 Å². The molecule has 2 saturated heterocycles. The molecule has 2 aromatic heterocycles. The molecule has 36 heavy (non-hydrogen) atoms. The summed E-state index contributed by atoms with van der Waals surface area (Å²) in [6.45, 7) is -1.65. The highest BCUT2D eigenvalue weighted by Crippen LogP contribution is 2.61. The number of nitrogens with one attached hydrogen (secondary N) is 1. The first-order valence-corrected chi connectivity index (χ1v) is 13.3. The van der Waals surface area contributed by atoms with Gasteiger partial charge >= 0.3 is 15.6 Å². The summed E-state index contributed by atoms with van der Waals surface area (Å²) in [6, 6.07) is 0. The number of aliphatic hydroxyl groups is 4.